The Hall–Kier alpha value is -1.61. The zero-order chi connectivity index (χ0) is 18.4. The number of thioether (sulfide) groups is 1. The quantitative estimate of drug-likeness (QED) is 0.680. The third kappa shape index (κ3) is 4.52. The molecule has 1 aromatic rings. The van der Waals surface area contributed by atoms with Crippen LogP contribution in [0.1, 0.15) is 32.3 Å². The van der Waals surface area contributed by atoms with Crippen molar-refractivity contribution in [3.8, 4) is 6.07 Å². The minimum atomic E-state index is -0.533. The molecule has 132 valence electrons. The summed E-state index contributed by atoms with van der Waals surface area (Å²) >= 11 is 7.89. The Kier molecular flexibility index (Phi) is 7.24. The van der Waals surface area contributed by atoms with Crippen molar-refractivity contribution < 1.29 is 9.53 Å². The van der Waals surface area contributed by atoms with Crippen LogP contribution < -0.4 is 0 Å². The van der Waals surface area contributed by atoms with E-state index in [1.807, 2.05) is 32.0 Å². The van der Waals surface area contributed by atoms with Gasteiger partial charge in [0.2, 0.25) is 0 Å². The minimum Gasteiger partial charge on any atom is -0.381 e. The number of aliphatic imine (C=N–C) groups is 1. The maximum Gasteiger partial charge on any atom is 0.158 e. The number of carbonyl (C=O) groups is 1. The molecule has 4 nitrogen and oxygen atoms in total. The topological polar surface area (TPSA) is 62.4 Å². The highest BCUT2D eigenvalue weighted by atomic mass is 35.5. The number of Topliss-reactive ketones (excluding diaryl/α,β-unsaturated/α-hetero) is 1. The molecule has 6 heteroatoms. The Morgan fingerprint density at radius 1 is 1.44 bits per heavy atom. The molecule has 0 saturated heterocycles. The number of nitriles is 1. The lowest BCUT2D eigenvalue weighted by Gasteiger charge is -2.30. The molecule has 1 aliphatic rings. The highest BCUT2D eigenvalue weighted by Gasteiger charge is 2.38. The molecule has 1 unspecified atom stereocenters. The van der Waals surface area contributed by atoms with Crippen molar-refractivity contribution in [3.05, 3.63) is 46.1 Å². The molecule has 0 N–H and O–H groups in total. The summed E-state index contributed by atoms with van der Waals surface area (Å²) < 4.78 is 5.36. The minimum absolute atomic E-state index is 0.0789. The second kappa shape index (κ2) is 9.19. The Labute approximate surface area is 157 Å². The van der Waals surface area contributed by atoms with Gasteiger partial charge in [-0.1, -0.05) is 29.8 Å². The smallest absolute Gasteiger partial charge is 0.158 e. The fourth-order valence-corrected chi connectivity index (χ4v) is 4.20. The predicted octanol–water partition coefficient (Wildman–Crippen LogP) is 4.61. The zero-order valence-electron chi connectivity index (χ0n) is 14.6. The van der Waals surface area contributed by atoms with Crippen LogP contribution in [-0.4, -0.2) is 29.8 Å². The molecule has 2 rings (SSSR count). The van der Waals surface area contributed by atoms with E-state index in [1.54, 1.807) is 6.07 Å². The first-order valence-electron chi connectivity index (χ1n) is 8.16. The molecule has 0 fully saturated rings. The van der Waals surface area contributed by atoms with Gasteiger partial charge in [-0.2, -0.15) is 5.26 Å². The number of allylic oxidation sites excluding steroid dienone is 2. The zero-order valence-corrected chi connectivity index (χ0v) is 16.2. The van der Waals surface area contributed by atoms with Crippen LogP contribution in [0.3, 0.4) is 0 Å². The van der Waals surface area contributed by atoms with E-state index in [0.29, 0.717) is 35.3 Å². The first kappa shape index (κ1) is 19.7. The number of halogens is 1. The predicted molar refractivity (Wildman–Crippen MR) is 103 cm³/mol. The molecule has 0 spiro atoms. The number of ketones is 1. The summed E-state index contributed by atoms with van der Waals surface area (Å²) in [5, 5.41) is 11.1. The standard InChI is InChI=1S/C19H21ClN2O2S/c1-4-24-9-10-25-19-15(11-21)18(14-7-5-6-8-16(14)20)17(13(3)23)12(2)22-19/h5-8,15,18H,4,9-10H2,1-3H3/t15?,18-/m1/s1. The first-order chi connectivity index (χ1) is 12.0. The molecule has 0 radical (unpaired) electrons. The Morgan fingerprint density at radius 3 is 2.76 bits per heavy atom. The highest BCUT2D eigenvalue weighted by molar-refractivity contribution is 8.14. The molecule has 0 aliphatic carbocycles. The van der Waals surface area contributed by atoms with Gasteiger partial charge in [-0.05, 0) is 32.4 Å². The monoisotopic (exact) mass is 376 g/mol. The molecule has 0 saturated carbocycles. The Morgan fingerprint density at radius 2 is 2.16 bits per heavy atom. The van der Waals surface area contributed by atoms with Crippen molar-refractivity contribution in [2.75, 3.05) is 19.0 Å². The summed E-state index contributed by atoms with van der Waals surface area (Å²) in [4.78, 5) is 16.8. The van der Waals surface area contributed by atoms with Crippen molar-refractivity contribution in [3.63, 3.8) is 0 Å². The molecular formula is C19H21ClN2O2S. The van der Waals surface area contributed by atoms with Crippen molar-refractivity contribution >= 4 is 34.2 Å². The Balaban J connectivity index is 2.45. The summed E-state index contributed by atoms with van der Waals surface area (Å²) in [5.41, 5.74) is 2.01. The van der Waals surface area contributed by atoms with Gasteiger partial charge in [-0.3, -0.25) is 4.79 Å². The molecule has 0 amide bonds. The van der Waals surface area contributed by atoms with E-state index in [0.717, 1.165) is 10.6 Å². The third-order valence-electron chi connectivity index (χ3n) is 4.02. The lowest BCUT2D eigenvalue weighted by Crippen LogP contribution is -2.28. The van der Waals surface area contributed by atoms with Gasteiger partial charge in [0.05, 0.1) is 17.7 Å². The van der Waals surface area contributed by atoms with Gasteiger partial charge in [-0.25, -0.2) is 4.99 Å². The first-order valence-corrected chi connectivity index (χ1v) is 9.52. The van der Waals surface area contributed by atoms with Gasteiger partial charge in [-0.15, -0.1) is 11.8 Å². The second-order valence-electron chi connectivity index (χ2n) is 5.66. The van der Waals surface area contributed by atoms with Crippen molar-refractivity contribution in [2.45, 2.75) is 26.7 Å². The van der Waals surface area contributed by atoms with Crippen LogP contribution >= 0.6 is 23.4 Å². The summed E-state index contributed by atoms with van der Waals surface area (Å²) in [5.74, 6) is -0.301. The van der Waals surface area contributed by atoms with Crippen molar-refractivity contribution in [1.82, 2.24) is 0 Å². The van der Waals surface area contributed by atoms with E-state index in [1.165, 1.54) is 18.7 Å². The van der Waals surface area contributed by atoms with Crippen molar-refractivity contribution in [1.29, 1.82) is 5.26 Å². The van der Waals surface area contributed by atoms with Gasteiger partial charge >= 0.3 is 0 Å². The largest absolute Gasteiger partial charge is 0.381 e. The molecule has 2 atom stereocenters. The lowest BCUT2D eigenvalue weighted by molar-refractivity contribution is -0.114. The molecular weight excluding hydrogens is 356 g/mol. The number of rotatable bonds is 6. The summed E-state index contributed by atoms with van der Waals surface area (Å²) in [6, 6.07) is 9.71. The van der Waals surface area contributed by atoms with Crippen LogP contribution in [0.2, 0.25) is 5.02 Å². The van der Waals surface area contributed by atoms with E-state index >= 15 is 0 Å². The van der Waals surface area contributed by atoms with E-state index in [9.17, 15) is 10.1 Å². The number of ether oxygens (including phenoxy) is 1. The lowest BCUT2D eigenvalue weighted by atomic mass is 9.77. The molecule has 25 heavy (non-hydrogen) atoms. The van der Waals surface area contributed by atoms with Crippen LogP contribution in [0.4, 0.5) is 0 Å². The molecule has 0 aromatic heterocycles. The van der Waals surface area contributed by atoms with Gasteiger partial charge in [0, 0.05) is 34.6 Å². The van der Waals surface area contributed by atoms with Crippen LogP contribution in [0.25, 0.3) is 0 Å². The van der Waals surface area contributed by atoms with Gasteiger partial charge in [0.25, 0.3) is 0 Å². The highest BCUT2D eigenvalue weighted by Crippen LogP contribution is 2.43. The van der Waals surface area contributed by atoms with Crippen LogP contribution in [0.5, 0.6) is 0 Å². The average Bonchev–Trinajstić information content (AvgIpc) is 2.58. The SMILES string of the molecule is CCOCCSC1=NC(C)=C(C(C)=O)[C@H](c2ccccc2Cl)C1C#N. The number of nitrogens with zero attached hydrogens (tertiary/aromatic N) is 2. The number of hydrogen-bond acceptors (Lipinski definition) is 5. The fourth-order valence-electron chi connectivity index (χ4n) is 2.97. The van der Waals surface area contributed by atoms with E-state index in [-0.39, 0.29) is 5.78 Å². The molecule has 1 aromatic carbocycles. The van der Waals surface area contributed by atoms with E-state index < -0.39 is 11.8 Å². The molecule has 1 aliphatic heterocycles. The van der Waals surface area contributed by atoms with Gasteiger partial charge in [0.1, 0.15) is 5.92 Å². The number of carbonyl (C=O) groups excluding carboxylic acids is 1. The van der Waals surface area contributed by atoms with Gasteiger partial charge in [0.15, 0.2) is 5.78 Å². The van der Waals surface area contributed by atoms with E-state index in [4.69, 9.17) is 16.3 Å². The average molecular weight is 377 g/mol. The van der Waals surface area contributed by atoms with Crippen molar-refractivity contribution in [2.24, 2.45) is 10.9 Å². The summed E-state index contributed by atoms with van der Waals surface area (Å²) in [7, 11) is 0. The van der Waals surface area contributed by atoms with Crippen LogP contribution in [0.15, 0.2) is 40.5 Å². The maximum atomic E-state index is 12.3. The maximum absolute atomic E-state index is 12.3. The van der Waals surface area contributed by atoms with Crippen LogP contribution in [0, 0.1) is 17.2 Å². The summed E-state index contributed by atoms with van der Waals surface area (Å²) in [6.45, 7) is 6.53. The second-order valence-corrected chi connectivity index (χ2v) is 7.18. The summed E-state index contributed by atoms with van der Waals surface area (Å²) in [6.07, 6.45) is 0. The number of benzene rings is 1. The Bertz CT molecular complexity index is 752. The number of hydrogen-bond donors (Lipinski definition) is 0. The van der Waals surface area contributed by atoms with Gasteiger partial charge < -0.3 is 4.74 Å². The molecule has 0 bridgehead atoms. The normalized spacial score (nSPS) is 20.2. The fraction of sp³-hybridized carbons (Fsp3) is 0.421. The van der Waals surface area contributed by atoms with E-state index in [2.05, 4.69) is 11.1 Å². The molecule has 1 heterocycles. The van der Waals surface area contributed by atoms with Crippen LogP contribution in [-0.2, 0) is 9.53 Å². The third-order valence-corrected chi connectivity index (χ3v) is 5.37.